The van der Waals surface area contributed by atoms with E-state index in [-0.39, 0.29) is 42.0 Å². The molecule has 2 heterocycles. The van der Waals surface area contributed by atoms with Gasteiger partial charge in [-0.1, -0.05) is 35.9 Å². The van der Waals surface area contributed by atoms with Crippen molar-refractivity contribution in [1.29, 1.82) is 0 Å². The largest absolute Gasteiger partial charge is 0.381 e. The summed E-state index contributed by atoms with van der Waals surface area (Å²) in [4.78, 5) is 13.8. The average Bonchev–Trinajstić information content (AvgIpc) is 3.08. The van der Waals surface area contributed by atoms with Crippen molar-refractivity contribution < 1.29 is 22.3 Å². The predicted molar refractivity (Wildman–Crippen MR) is 159 cm³/mol. The second kappa shape index (κ2) is 12.8. The monoisotopic (exact) mass is 605 g/mol. The third-order valence-electron chi connectivity index (χ3n) is 9.59. The van der Waals surface area contributed by atoms with Crippen LogP contribution in [-0.2, 0) is 37.8 Å². The Morgan fingerprint density at radius 1 is 1.20 bits per heavy atom. The van der Waals surface area contributed by atoms with E-state index in [1.54, 1.807) is 23.5 Å². The van der Waals surface area contributed by atoms with E-state index in [9.17, 15) is 13.2 Å². The average molecular weight is 606 g/mol. The van der Waals surface area contributed by atoms with Crippen LogP contribution in [0, 0.1) is 5.82 Å². The summed E-state index contributed by atoms with van der Waals surface area (Å²) in [6.07, 6.45) is 5.44. The molecule has 0 radical (unpaired) electrons. The highest BCUT2D eigenvalue weighted by molar-refractivity contribution is 7.89. The van der Waals surface area contributed by atoms with Gasteiger partial charge in [-0.3, -0.25) is 4.79 Å². The van der Waals surface area contributed by atoms with E-state index in [1.165, 1.54) is 6.07 Å². The summed E-state index contributed by atoms with van der Waals surface area (Å²) in [6, 6.07) is 11.5. The molecule has 0 aromatic heterocycles. The topological polar surface area (TPSA) is 102 Å². The van der Waals surface area contributed by atoms with Gasteiger partial charge in [0.1, 0.15) is 5.82 Å². The molecule has 1 saturated carbocycles. The van der Waals surface area contributed by atoms with Gasteiger partial charge in [0, 0.05) is 49.1 Å². The minimum atomic E-state index is -3.34. The van der Waals surface area contributed by atoms with E-state index in [0.717, 1.165) is 24.8 Å². The van der Waals surface area contributed by atoms with Crippen molar-refractivity contribution in [2.45, 2.75) is 87.4 Å². The Balaban J connectivity index is 1.34. The van der Waals surface area contributed by atoms with Gasteiger partial charge in [0.05, 0.1) is 17.9 Å². The molecule has 7 nitrogen and oxygen atoms in total. The highest BCUT2D eigenvalue weighted by Crippen LogP contribution is 2.43. The second-order valence-corrected chi connectivity index (χ2v) is 14.4. The van der Waals surface area contributed by atoms with Crippen LogP contribution in [0.1, 0.15) is 61.6 Å². The van der Waals surface area contributed by atoms with Crippen LogP contribution < -0.4 is 11.1 Å². The van der Waals surface area contributed by atoms with Gasteiger partial charge >= 0.3 is 0 Å². The van der Waals surface area contributed by atoms with Crippen molar-refractivity contribution in [2.75, 3.05) is 26.0 Å². The Morgan fingerprint density at radius 3 is 2.63 bits per heavy atom. The predicted octanol–water partition coefficient (Wildman–Crippen LogP) is 4.14. The van der Waals surface area contributed by atoms with E-state index >= 15 is 4.39 Å². The third kappa shape index (κ3) is 6.55. The minimum Gasteiger partial charge on any atom is -0.381 e. The summed E-state index contributed by atoms with van der Waals surface area (Å²) in [7, 11) is -1.63. The maximum Gasteiger partial charge on any atom is 0.214 e. The highest BCUT2D eigenvalue weighted by Gasteiger charge is 2.45. The molecule has 2 aliphatic heterocycles. The van der Waals surface area contributed by atoms with Crippen LogP contribution in [-0.4, -0.2) is 68.7 Å². The molecule has 5 rings (SSSR count). The van der Waals surface area contributed by atoms with Gasteiger partial charge < -0.3 is 15.8 Å². The summed E-state index contributed by atoms with van der Waals surface area (Å²) < 4.78 is 48.2. The standard InChI is InChI=1S/C31H41ClFN3O4S/c1-40-26-13-15-31(16-14-26,22-7-9-23(32)10-8-22)30(34)29(37)18-21-4-2-6-28(33)27(21)12-11-25-19-35-24-5-3-17-41(38,39)36(25)20-24/h2,4,6-10,24-26,30,35H,3,5,11-20,34H2,1H3/t24-,25+,26?,30-,31?/m1/s1. The lowest BCUT2D eigenvalue weighted by Gasteiger charge is -2.44. The fourth-order valence-corrected chi connectivity index (χ4v) is 9.05. The Hall–Kier alpha value is -1.88. The van der Waals surface area contributed by atoms with Gasteiger partial charge in [-0.2, -0.15) is 4.31 Å². The number of benzene rings is 2. The number of nitrogens with one attached hydrogen (secondary N) is 1. The van der Waals surface area contributed by atoms with Crippen LogP contribution in [0.25, 0.3) is 0 Å². The van der Waals surface area contributed by atoms with Gasteiger partial charge in [0.25, 0.3) is 0 Å². The Morgan fingerprint density at radius 2 is 1.93 bits per heavy atom. The molecule has 0 amide bonds. The summed E-state index contributed by atoms with van der Waals surface area (Å²) >= 11 is 6.17. The van der Waals surface area contributed by atoms with Crippen LogP contribution in [0.5, 0.6) is 0 Å². The number of Topliss-reactive ketones (excluding diaryl/α,β-unsaturated/α-hetero) is 1. The van der Waals surface area contributed by atoms with Crippen LogP contribution >= 0.6 is 11.6 Å². The number of hydrogen-bond acceptors (Lipinski definition) is 6. The first-order chi connectivity index (χ1) is 19.6. The number of halogens is 2. The molecular formula is C31H41ClFN3O4S. The molecule has 2 aromatic carbocycles. The molecule has 3 N–H and O–H groups in total. The number of carbonyl (C=O) groups excluding carboxylic acids is 1. The molecule has 3 fully saturated rings. The first-order valence-corrected chi connectivity index (χ1v) is 16.7. The number of ether oxygens (including phenoxy) is 1. The third-order valence-corrected chi connectivity index (χ3v) is 11.8. The van der Waals surface area contributed by atoms with Gasteiger partial charge in [-0.25, -0.2) is 12.8 Å². The van der Waals surface area contributed by atoms with E-state index in [4.69, 9.17) is 22.1 Å². The molecule has 1 unspecified atom stereocenters. The maximum absolute atomic E-state index is 15.2. The van der Waals surface area contributed by atoms with Gasteiger partial charge in [0.15, 0.2) is 5.78 Å². The van der Waals surface area contributed by atoms with Gasteiger partial charge in [-0.05, 0) is 86.3 Å². The maximum atomic E-state index is 15.2. The molecular weight excluding hydrogens is 565 g/mol. The summed E-state index contributed by atoms with van der Waals surface area (Å²) in [5, 5.41) is 4.09. The number of fused-ring (bicyclic) bond motifs is 2. The number of rotatable bonds is 9. The molecule has 10 heteroatoms. The first-order valence-electron chi connectivity index (χ1n) is 14.7. The fraction of sp³-hybridized carbons (Fsp3) is 0.581. The molecule has 41 heavy (non-hydrogen) atoms. The number of nitrogens with two attached hydrogens (primary N) is 1. The van der Waals surface area contributed by atoms with E-state index in [2.05, 4.69) is 5.32 Å². The molecule has 2 saturated heterocycles. The lowest BCUT2D eigenvalue weighted by molar-refractivity contribution is -0.122. The lowest BCUT2D eigenvalue weighted by Crippen LogP contribution is -2.57. The number of sulfonamides is 1. The Labute approximate surface area is 248 Å². The van der Waals surface area contributed by atoms with Crippen molar-refractivity contribution in [2.24, 2.45) is 5.73 Å². The van der Waals surface area contributed by atoms with Crippen molar-refractivity contribution in [1.82, 2.24) is 9.62 Å². The zero-order valence-corrected chi connectivity index (χ0v) is 25.2. The first kappa shape index (κ1) is 30.6. The van der Waals surface area contributed by atoms with Crippen LogP contribution in [0.2, 0.25) is 5.02 Å². The molecule has 224 valence electrons. The van der Waals surface area contributed by atoms with Crippen molar-refractivity contribution in [3.05, 3.63) is 70.0 Å². The number of nitrogens with zero attached hydrogens (tertiary/aromatic N) is 1. The minimum absolute atomic E-state index is 0.0182. The molecule has 2 bridgehead atoms. The van der Waals surface area contributed by atoms with E-state index in [1.807, 2.05) is 24.3 Å². The number of hydrogen-bond donors (Lipinski definition) is 2. The normalized spacial score (nSPS) is 30.3. The van der Waals surface area contributed by atoms with E-state index in [0.29, 0.717) is 61.3 Å². The second-order valence-electron chi connectivity index (χ2n) is 11.9. The van der Waals surface area contributed by atoms with Crippen molar-refractivity contribution >= 4 is 27.4 Å². The summed E-state index contributed by atoms with van der Waals surface area (Å²) in [5.41, 5.74) is 8.31. The quantitative estimate of drug-likeness (QED) is 0.445. The molecule has 2 aromatic rings. The van der Waals surface area contributed by atoms with Gasteiger partial charge in [-0.15, -0.1) is 0 Å². The number of carbonyl (C=O) groups is 1. The molecule has 3 aliphatic rings. The van der Waals surface area contributed by atoms with E-state index < -0.39 is 21.5 Å². The zero-order valence-electron chi connectivity index (χ0n) is 23.7. The number of piperazine rings is 1. The van der Waals surface area contributed by atoms with Crippen molar-refractivity contribution in [3.63, 3.8) is 0 Å². The molecule has 1 aliphatic carbocycles. The fourth-order valence-electron chi connectivity index (χ4n) is 7.11. The number of ketones is 1. The van der Waals surface area contributed by atoms with Crippen LogP contribution in [0.4, 0.5) is 4.39 Å². The molecule has 0 spiro atoms. The SMILES string of the molecule is COC1CCC(c2ccc(Cl)cc2)([C@H](N)C(=O)Cc2cccc(F)c2CC[C@H]2CN[C@@H]3CCCS(=O)(=O)N2C3)CC1. The van der Waals surface area contributed by atoms with Crippen LogP contribution in [0.15, 0.2) is 42.5 Å². The Bertz CT molecular complexity index is 1330. The number of methoxy groups -OCH3 is 1. The van der Waals surface area contributed by atoms with Gasteiger partial charge in [0.2, 0.25) is 10.0 Å². The summed E-state index contributed by atoms with van der Waals surface area (Å²) in [6.45, 7) is 1.00. The van der Waals surface area contributed by atoms with Crippen molar-refractivity contribution in [3.8, 4) is 0 Å². The zero-order chi connectivity index (χ0) is 29.2. The molecule has 4 atom stereocenters. The Kier molecular flexibility index (Phi) is 9.53. The van der Waals surface area contributed by atoms with Crippen LogP contribution in [0.3, 0.4) is 0 Å². The highest BCUT2D eigenvalue weighted by atomic mass is 35.5. The summed E-state index contributed by atoms with van der Waals surface area (Å²) in [5.74, 6) is -0.364. The lowest BCUT2D eigenvalue weighted by atomic mass is 9.63. The smallest absolute Gasteiger partial charge is 0.214 e.